The first-order valence-corrected chi connectivity index (χ1v) is 36.7. The Morgan fingerprint density at radius 3 is 0.874 bits per heavy atom. The molecule has 9 amide bonds. The van der Waals surface area contributed by atoms with Crippen LogP contribution in [0.1, 0.15) is 62.1 Å². The second kappa shape index (κ2) is 41.2. The number of likely N-dealkylation sites (N-methyl/N-ethyl adjacent to an activating group) is 2. The van der Waals surface area contributed by atoms with E-state index in [0.717, 1.165) is 14.7 Å². The van der Waals surface area contributed by atoms with Crippen LogP contribution in [0.15, 0.2) is 0 Å². The van der Waals surface area contributed by atoms with Gasteiger partial charge in [-0.25, -0.2) is 0 Å². The summed E-state index contributed by atoms with van der Waals surface area (Å²) in [6, 6.07) is 0. The maximum Gasteiger partial charge on any atom is 0.256 e. The molecule has 0 aromatic heterocycles. The van der Waals surface area contributed by atoms with Gasteiger partial charge < -0.3 is 128 Å². The summed E-state index contributed by atoms with van der Waals surface area (Å²) >= 11 is 14.8. The minimum absolute atomic E-state index is 0.0387. The highest BCUT2D eigenvalue weighted by Gasteiger charge is 2.38. The third-order valence-electron chi connectivity index (χ3n) is 13.2. The monoisotopic (exact) mass is 2360 g/mol. The summed E-state index contributed by atoms with van der Waals surface area (Å²) in [4.78, 5) is 130. The molecular weight excluding hydrogens is 2290 g/mol. The molecule has 0 fully saturated rings. The highest BCUT2D eigenvalue weighted by atomic mass is 127. The Labute approximate surface area is 662 Å². The number of aliphatic hydroxyl groups excluding tert-OH is 16. The molecule has 0 aliphatic carbocycles. The molecule has 0 aliphatic rings. The Hall–Kier alpha value is -1.18. The van der Waals surface area contributed by atoms with Gasteiger partial charge in [-0.1, -0.05) is 0 Å². The number of carbonyl (C=O) groups is 9. The predicted molar refractivity (Wildman–Crippen MR) is 409 cm³/mol. The first kappa shape index (κ1) is 88.0. The van der Waals surface area contributed by atoms with Gasteiger partial charge in [-0.3, -0.25) is 43.2 Å². The number of rotatable bonds is 34. The first-order valence-electron chi connectivity index (χ1n) is 27.0. The second-order valence-corrected chi connectivity index (χ2v) is 29.9. The number of aliphatic hydroxyl groups is 16. The van der Waals surface area contributed by atoms with E-state index in [9.17, 15) is 120 Å². The van der Waals surface area contributed by atoms with Crippen LogP contribution >= 0.6 is 203 Å². The van der Waals surface area contributed by atoms with Crippen molar-refractivity contribution in [2.45, 2.75) is 61.0 Å². The molecule has 0 spiro atoms. The number of hydrogen-bond acceptors (Lipinski definition) is 25. The third-order valence-corrected chi connectivity index (χ3v) is 22.9. The average Bonchev–Trinajstić information content (AvgIpc) is 0.780. The Morgan fingerprint density at radius 1 is 0.337 bits per heavy atom. The van der Waals surface area contributed by atoms with Gasteiger partial charge in [0.2, 0.25) is 0 Å². The molecule has 10 unspecified atom stereocenters. The fourth-order valence-electron chi connectivity index (χ4n) is 7.89. The molecule has 0 radical (unpaired) electrons. The Kier molecular flexibility index (Phi) is 38.2. The van der Waals surface area contributed by atoms with Gasteiger partial charge in [-0.05, 0) is 203 Å². The number of benzene rings is 3. The molecular formula is C52H64I9N9O25. The van der Waals surface area contributed by atoms with Crippen LogP contribution in [0.5, 0.6) is 0 Å². The zero-order valence-corrected chi connectivity index (χ0v) is 68.5. The maximum absolute atomic E-state index is 15.6. The summed E-state index contributed by atoms with van der Waals surface area (Å²) in [5, 5.41) is 176. The van der Waals surface area contributed by atoms with Crippen LogP contribution in [0.25, 0.3) is 0 Å². The summed E-state index contributed by atoms with van der Waals surface area (Å²) in [6.07, 6.45) is -19.0. The van der Waals surface area contributed by atoms with Crippen molar-refractivity contribution in [1.29, 1.82) is 0 Å². The molecule has 0 saturated heterocycles. The van der Waals surface area contributed by atoms with Crippen LogP contribution in [0.4, 0.5) is 17.1 Å². The molecule has 95 heavy (non-hydrogen) atoms. The molecule has 43 heteroatoms. The van der Waals surface area contributed by atoms with Gasteiger partial charge in [0.1, 0.15) is 18.3 Å². The van der Waals surface area contributed by atoms with Gasteiger partial charge in [-0.2, -0.15) is 0 Å². The smallest absolute Gasteiger partial charge is 0.256 e. The van der Waals surface area contributed by atoms with Crippen molar-refractivity contribution in [3.05, 3.63) is 65.5 Å². The van der Waals surface area contributed by atoms with Gasteiger partial charge in [0, 0.05) is 70.6 Å². The summed E-state index contributed by atoms with van der Waals surface area (Å²) < 4.78 is -0.797. The van der Waals surface area contributed by atoms with E-state index in [4.69, 9.17) is 0 Å². The highest BCUT2D eigenvalue weighted by Crippen LogP contribution is 2.40. The Balaban J connectivity index is 2.41. The van der Waals surface area contributed by atoms with Crippen molar-refractivity contribution >= 4 is 274 Å². The number of carbonyl (C=O) groups excluding carboxylic acids is 9. The molecule has 0 aliphatic heterocycles. The molecule has 530 valence electrons. The molecule has 3 aromatic rings. The maximum atomic E-state index is 15.6. The molecule has 0 bridgehead atoms. The minimum Gasteiger partial charge on any atom is -0.394 e. The van der Waals surface area contributed by atoms with E-state index in [1.807, 2.05) is 0 Å². The number of amides is 9. The van der Waals surface area contributed by atoms with E-state index >= 15 is 4.79 Å². The molecule has 3 rings (SSSR count). The lowest BCUT2D eigenvalue weighted by atomic mass is 10.1. The van der Waals surface area contributed by atoms with Crippen molar-refractivity contribution in [1.82, 2.24) is 30.7 Å². The van der Waals surface area contributed by atoms with Crippen LogP contribution in [-0.2, 0) is 14.4 Å². The SMILES string of the molecule is CN(CCN(CC(O)CN(C)C(=O)c1c(I)c(NC(=O)C(O)C(O)CO)c(I)c(C(=O)NCC(O)CO)c1I)C(=O)c1c(I)c(NC(=O)C(O)C(O)CO)c(I)c(C(=O)NCC(O)CO)c1I)C(=O)c1c(I)c(NC(=O)C(O)C(O)CO)c(I)c(C(=O)NCC(O)CO)c1I. The lowest BCUT2D eigenvalue weighted by Crippen LogP contribution is -2.47. The summed E-state index contributed by atoms with van der Waals surface area (Å²) in [6.45, 7) is -9.78. The second-order valence-electron chi connectivity index (χ2n) is 20.2. The van der Waals surface area contributed by atoms with Crippen molar-refractivity contribution in [2.75, 3.05) is 116 Å². The molecule has 22 N–H and O–H groups in total. The van der Waals surface area contributed by atoms with Crippen LogP contribution in [-0.4, -0.2) is 310 Å². The normalized spacial score (nSPS) is 14.6. The van der Waals surface area contributed by atoms with E-state index in [1.54, 1.807) is 203 Å². The minimum atomic E-state index is -2.30. The van der Waals surface area contributed by atoms with Gasteiger partial charge in [0.05, 0.1) is 136 Å². The molecule has 34 nitrogen and oxygen atoms in total. The third kappa shape index (κ3) is 22.9. The highest BCUT2D eigenvalue weighted by molar-refractivity contribution is 14.1. The largest absolute Gasteiger partial charge is 0.394 e. The van der Waals surface area contributed by atoms with E-state index in [1.165, 1.54) is 14.1 Å². The fourth-order valence-corrected chi connectivity index (χ4v) is 21.0. The molecule has 0 heterocycles. The standard InChI is InChI=1S/C52H64I9N9O25/c1-68(50(93)26-29(53)23(44(87)62-5-16(77)10-71)32(56)38(35(26)59)65-47(90)41(84)20(81)13-74)3-4-70(52(95)28-31(55)25(46(89)64-7-18(79)12-73)34(58)40(37(28)61)67-49(92)43(86)22(83)15-76)9-19(80)8-69(2)51(94)27-30(54)24(45(88)63-6-17(78)11-72)33(57)39(36(27)60)66-48(91)42(85)21(82)14-75/h16-22,41-43,71-86H,3-15H2,1-2H3,(H,62,87)(H,63,88)(H,64,89)(H,65,90)(H,66,91)(H,67,92). The van der Waals surface area contributed by atoms with Crippen LogP contribution in [0, 0.1) is 32.1 Å². The van der Waals surface area contributed by atoms with Gasteiger partial charge >= 0.3 is 0 Å². The first-order chi connectivity index (χ1) is 44.4. The summed E-state index contributed by atoms with van der Waals surface area (Å²) in [7, 11) is 2.42. The van der Waals surface area contributed by atoms with Crippen LogP contribution in [0.2, 0.25) is 0 Å². The summed E-state index contributed by atoms with van der Waals surface area (Å²) in [5.41, 5.74) is -2.80. The number of hydrogen-bond donors (Lipinski definition) is 22. The lowest BCUT2D eigenvalue weighted by molar-refractivity contribution is -0.131. The van der Waals surface area contributed by atoms with Gasteiger partial charge in [0.15, 0.2) is 18.3 Å². The Morgan fingerprint density at radius 2 is 0.600 bits per heavy atom. The molecule has 3 aromatic carbocycles. The number of nitrogens with one attached hydrogen (secondary N) is 6. The van der Waals surface area contributed by atoms with E-state index in [0.29, 0.717) is 0 Å². The number of halogens is 9. The topological polar surface area (TPSA) is 559 Å². The van der Waals surface area contributed by atoms with Crippen molar-refractivity contribution in [2.24, 2.45) is 0 Å². The van der Waals surface area contributed by atoms with E-state index < -0.39 is 205 Å². The number of nitrogens with zero attached hydrogens (tertiary/aromatic N) is 3. The van der Waals surface area contributed by atoms with Crippen molar-refractivity contribution < 1.29 is 125 Å². The molecule has 0 saturated carbocycles. The quantitative estimate of drug-likeness (QED) is 0.0251. The van der Waals surface area contributed by atoms with Crippen LogP contribution in [0.3, 0.4) is 0 Å². The zero-order valence-electron chi connectivity index (χ0n) is 49.0. The number of anilines is 3. The Bertz CT molecular complexity index is 3350. The van der Waals surface area contributed by atoms with E-state index in [2.05, 4.69) is 31.9 Å². The fraction of sp³-hybridized carbons (Fsp3) is 0.481. The van der Waals surface area contributed by atoms with Crippen molar-refractivity contribution in [3.8, 4) is 0 Å². The van der Waals surface area contributed by atoms with E-state index in [-0.39, 0.29) is 77.0 Å². The summed E-state index contributed by atoms with van der Waals surface area (Å²) in [5.74, 6) is -9.80. The van der Waals surface area contributed by atoms with Crippen molar-refractivity contribution in [3.63, 3.8) is 0 Å². The molecule has 10 atom stereocenters. The van der Waals surface area contributed by atoms with Crippen LogP contribution < -0.4 is 31.9 Å². The lowest BCUT2D eigenvalue weighted by Gasteiger charge is -2.31. The van der Waals surface area contributed by atoms with Gasteiger partial charge in [-0.15, -0.1) is 0 Å². The zero-order chi connectivity index (χ0) is 72.5. The predicted octanol–water partition coefficient (Wildman–Crippen LogP) is -4.32. The van der Waals surface area contributed by atoms with Gasteiger partial charge in [0.25, 0.3) is 53.2 Å². The average molecular weight is 2360 g/mol.